The summed E-state index contributed by atoms with van der Waals surface area (Å²) >= 11 is 7.88. The van der Waals surface area contributed by atoms with Gasteiger partial charge in [-0.3, -0.25) is 0 Å². The molecule has 0 radical (unpaired) electrons. The highest BCUT2D eigenvalue weighted by molar-refractivity contribution is 6.26. The van der Waals surface area contributed by atoms with Gasteiger partial charge in [0.25, 0.3) is 0 Å². The minimum atomic E-state index is -1.06. The van der Waals surface area contributed by atoms with E-state index in [9.17, 15) is 0 Å². The third-order valence-electron chi connectivity index (χ3n) is 7.10. The molecule has 1 heterocycles. The van der Waals surface area contributed by atoms with Crippen molar-refractivity contribution in [2.24, 2.45) is 0 Å². The van der Waals surface area contributed by atoms with E-state index in [4.69, 9.17) is 25.8 Å². The smallest absolute Gasteiger partial charge is 0.164 e. The Morgan fingerprint density at radius 2 is 0.947 bits per heavy atom. The van der Waals surface area contributed by atoms with E-state index in [2.05, 4.69) is 62.4 Å². The van der Waals surface area contributed by atoms with Gasteiger partial charge in [-0.05, 0) is 49.9 Å². The van der Waals surface area contributed by atoms with Crippen LogP contribution in [-0.2, 0) is 24.7 Å². The van der Waals surface area contributed by atoms with E-state index in [-0.39, 0.29) is 6.10 Å². The molecule has 0 saturated carbocycles. The Bertz CT molecular complexity index is 1230. The van der Waals surface area contributed by atoms with E-state index < -0.39 is 28.5 Å². The normalized spacial score (nSPS) is 19.5. The van der Waals surface area contributed by atoms with Crippen molar-refractivity contribution >= 4 is 11.6 Å². The number of hydrogen-bond acceptors (Lipinski definition) is 3. The van der Waals surface area contributed by atoms with Gasteiger partial charge in [0.15, 0.2) is 5.79 Å². The van der Waals surface area contributed by atoms with Gasteiger partial charge in [0.05, 0.1) is 6.10 Å². The third kappa shape index (κ3) is 4.81. The monoisotopic (exact) mass is 526 g/mol. The maximum Gasteiger partial charge on any atom is 0.164 e. The van der Waals surface area contributed by atoms with Gasteiger partial charge in [-0.15, -0.1) is 11.6 Å². The first-order chi connectivity index (χ1) is 18.3. The van der Waals surface area contributed by atoms with Crippen LogP contribution in [0.2, 0.25) is 0 Å². The second-order valence-corrected chi connectivity index (χ2v) is 11.2. The number of ether oxygens (including phenoxy) is 3. The summed E-state index contributed by atoms with van der Waals surface area (Å²) in [5.41, 5.74) is 2.83. The Kier molecular flexibility index (Phi) is 7.48. The van der Waals surface area contributed by atoms with Crippen molar-refractivity contribution in [1.29, 1.82) is 0 Å². The summed E-state index contributed by atoms with van der Waals surface area (Å²) in [6.07, 6.45) is -1.31. The first-order valence-corrected chi connectivity index (χ1v) is 13.6. The molecule has 1 saturated heterocycles. The predicted octanol–water partition coefficient (Wildman–Crippen LogP) is 8.06. The van der Waals surface area contributed by atoms with Crippen LogP contribution in [0.15, 0.2) is 121 Å². The lowest BCUT2D eigenvalue weighted by Crippen LogP contribution is -2.55. The van der Waals surface area contributed by atoms with Crippen molar-refractivity contribution in [3.05, 3.63) is 144 Å². The van der Waals surface area contributed by atoms with Crippen LogP contribution >= 0.6 is 11.6 Å². The fourth-order valence-electron chi connectivity index (χ4n) is 5.65. The highest BCUT2D eigenvalue weighted by Gasteiger charge is 2.62. The molecule has 4 aromatic carbocycles. The van der Waals surface area contributed by atoms with Crippen LogP contribution in [0.3, 0.4) is 0 Å². The lowest BCUT2D eigenvalue weighted by atomic mass is 9.73. The molecule has 2 atom stereocenters. The van der Waals surface area contributed by atoms with Gasteiger partial charge in [0, 0.05) is 0 Å². The van der Waals surface area contributed by atoms with Gasteiger partial charge >= 0.3 is 0 Å². The van der Waals surface area contributed by atoms with E-state index in [1.165, 1.54) is 0 Å². The summed E-state index contributed by atoms with van der Waals surface area (Å²) in [7, 11) is 0. The molecule has 0 N–H and O–H groups in total. The summed E-state index contributed by atoms with van der Waals surface area (Å²) in [5.74, 6) is -0.909. The maximum absolute atomic E-state index is 7.88. The number of rotatable bonds is 8. The van der Waals surface area contributed by atoms with Gasteiger partial charge < -0.3 is 14.2 Å². The molecule has 0 amide bonds. The Labute approximate surface area is 231 Å². The van der Waals surface area contributed by atoms with Crippen molar-refractivity contribution in [3.63, 3.8) is 0 Å². The van der Waals surface area contributed by atoms with E-state index in [1.54, 1.807) is 0 Å². The second kappa shape index (κ2) is 10.7. The Morgan fingerprint density at radius 1 is 0.605 bits per heavy atom. The van der Waals surface area contributed by atoms with Crippen LogP contribution in [0, 0.1) is 0 Å². The van der Waals surface area contributed by atoms with Gasteiger partial charge in [-0.25, -0.2) is 0 Å². The number of alkyl halides is 1. The molecule has 1 aliphatic heterocycles. The average molecular weight is 527 g/mol. The van der Waals surface area contributed by atoms with Crippen LogP contribution in [0.5, 0.6) is 0 Å². The fraction of sp³-hybridized carbons (Fsp3) is 0.294. The Hall–Kier alpha value is -2.95. The van der Waals surface area contributed by atoms with Crippen LogP contribution in [-0.4, -0.2) is 24.1 Å². The summed E-state index contributed by atoms with van der Waals surface area (Å²) in [6.45, 7) is 8.00. The summed E-state index contributed by atoms with van der Waals surface area (Å²) in [6, 6.07) is 40.8. The largest absolute Gasteiger partial charge is 0.360 e. The zero-order valence-corrected chi connectivity index (χ0v) is 23.1. The standard InChI is InChI=1S/C34H35ClO3/c1-25(2)36-34(28-21-13-7-14-22-28,29-23-15-8-16-24-29)31-30(37-32(3,4)38-31)33(35,26-17-9-5-10-18-26)27-19-11-6-12-20-27/h5-25,30-31H,1-4H3/t30-,31-/m1/s1. The summed E-state index contributed by atoms with van der Waals surface area (Å²) < 4.78 is 20.7. The minimum Gasteiger partial charge on any atom is -0.360 e. The highest BCUT2D eigenvalue weighted by Crippen LogP contribution is 2.54. The number of hydrogen-bond donors (Lipinski definition) is 0. The lowest BCUT2D eigenvalue weighted by Gasteiger charge is -2.45. The first-order valence-electron chi connectivity index (χ1n) is 13.2. The molecule has 3 nitrogen and oxygen atoms in total. The molecule has 0 bridgehead atoms. The minimum absolute atomic E-state index is 0.110. The number of benzene rings is 4. The molecule has 38 heavy (non-hydrogen) atoms. The van der Waals surface area contributed by atoms with Crippen molar-refractivity contribution in [2.75, 3.05) is 0 Å². The van der Waals surface area contributed by atoms with E-state index in [1.807, 2.05) is 86.6 Å². The van der Waals surface area contributed by atoms with E-state index in [0.29, 0.717) is 0 Å². The Morgan fingerprint density at radius 3 is 1.32 bits per heavy atom. The molecule has 196 valence electrons. The molecular formula is C34H35ClO3. The maximum atomic E-state index is 7.88. The summed E-state index contributed by atoms with van der Waals surface area (Å²) in [4.78, 5) is -1.06. The molecular weight excluding hydrogens is 492 g/mol. The molecule has 0 unspecified atom stereocenters. The molecule has 5 rings (SSSR count). The second-order valence-electron chi connectivity index (χ2n) is 10.6. The zero-order valence-electron chi connectivity index (χ0n) is 22.4. The van der Waals surface area contributed by atoms with Gasteiger partial charge in [-0.2, -0.15) is 0 Å². The molecule has 0 aliphatic carbocycles. The first kappa shape index (κ1) is 26.6. The van der Waals surface area contributed by atoms with Crippen molar-refractivity contribution in [1.82, 2.24) is 0 Å². The topological polar surface area (TPSA) is 27.7 Å². The SMILES string of the molecule is CC(C)OC(c1ccccc1)(c1ccccc1)[C@@H]1OC(C)(C)O[C@H]1C(Cl)(c1ccccc1)c1ccccc1. The van der Waals surface area contributed by atoms with Crippen LogP contribution in [0.25, 0.3) is 0 Å². The quantitative estimate of drug-likeness (QED) is 0.217. The van der Waals surface area contributed by atoms with E-state index >= 15 is 0 Å². The van der Waals surface area contributed by atoms with Crippen LogP contribution < -0.4 is 0 Å². The average Bonchev–Trinajstić information content (AvgIpc) is 3.29. The van der Waals surface area contributed by atoms with Gasteiger partial charge in [-0.1, -0.05) is 121 Å². The molecule has 0 spiro atoms. The molecule has 4 aromatic rings. The zero-order chi connectivity index (χ0) is 26.8. The van der Waals surface area contributed by atoms with Crippen LogP contribution in [0.4, 0.5) is 0 Å². The lowest BCUT2D eigenvalue weighted by molar-refractivity contribution is -0.184. The van der Waals surface area contributed by atoms with Gasteiger partial charge in [0.1, 0.15) is 22.7 Å². The van der Waals surface area contributed by atoms with Crippen molar-refractivity contribution in [3.8, 4) is 0 Å². The van der Waals surface area contributed by atoms with Crippen LogP contribution in [0.1, 0.15) is 49.9 Å². The van der Waals surface area contributed by atoms with Crippen molar-refractivity contribution in [2.45, 2.75) is 62.3 Å². The molecule has 4 heteroatoms. The molecule has 1 aliphatic rings. The Balaban J connectivity index is 1.81. The highest BCUT2D eigenvalue weighted by atomic mass is 35.5. The third-order valence-corrected chi connectivity index (χ3v) is 7.76. The molecule has 1 fully saturated rings. The number of halogens is 1. The summed E-state index contributed by atoms with van der Waals surface area (Å²) in [5, 5.41) is 0. The fourth-order valence-corrected chi connectivity index (χ4v) is 6.06. The van der Waals surface area contributed by atoms with E-state index in [0.717, 1.165) is 22.3 Å². The van der Waals surface area contributed by atoms with Crippen molar-refractivity contribution < 1.29 is 14.2 Å². The molecule has 0 aromatic heterocycles. The predicted molar refractivity (Wildman–Crippen MR) is 153 cm³/mol. The van der Waals surface area contributed by atoms with Gasteiger partial charge in [0.2, 0.25) is 0 Å².